The molecule has 8 heteroatoms. The number of anilines is 1. The van der Waals surface area contributed by atoms with Gasteiger partial charge in [-0.2, -0.15) is 13.2 Å². The van der Waals surface area contributed by atoms with Crippen LogP contribution < -0.4 is 9.64 Å². The molecular formula is C18H15F4N3O. The lowest BCUT2D eigenvalue weighted by atomic mass is 10.2. The fraction of sp³-hybridized carbons (Fsp3) is 0.222. The molecule has 0 spiro atoms. The van der Waals surface area contributed by atoms with Crippen LogP contribution in [0.15, 0.2) is 48.5 Å². The Morgan fingerprint density at radius 3 is 2.42 bits per heavy atom. The highest BCUT2D eigenvalue weighted by molar-refractivity contribution is 5.89. The van der Waals surface area contributed by atoms with Gasteiger partial charge in [-0.3, -0.25) is 0 Å². The molecule has 1 heterocycles. The molecular weight excluding hydrogens is 350 g/mol. The summed E-state index contributed by atoms with van der Waals surface area (Å²) in [6.07, 6.45) is -4.65. The van der Waals surface area contributed by atoms with Crippen LogP contribution in [0.1, 0.15) is 5.82 Å². The topological polar surface area (TPSA) is 38.2 Å². The molecule has 0 aliphatic carbocycles. The number of hydrogen-bond donors (Lipinski definition) is 0. The summed E-state index contributed by atoms with van der Waals surface area (Å²) in [5.41, 5.74) is 0.201. The third-order valence-corrected chi connectivity index (χ3v) is 3.72. The van der Waals surface area contributed by atoms with E-state index in [0.29, 0.717) is 5.39 Å². The van der Waals surface area contributed by atoms with E-state index in [2.05, 4.69) is 9.97 Å². The molecule has 2 aromatic carbocycles. The Balaban J connectivity index is 1.83. The molecule has 0 saturated carbocycles. The van der Waals surface area contributed by atoms with Crippen LogP contribution in [0.4, 0.5) is 23.4 Å². The van der Waals surface area contributed by atoms with Crippen molar-refractivity contribution < 1.29 is 22.3 Å². The zero-order chi connectivity index (χ0) is 18.7. The Labute approximate surface area is 147 Å². The van der Waals surface area contributed by atoms with E-state index in [1.807, 2.05) is 0 Å². The number of hydrogen-bond acceptors (Lipinski definition) is 4. The summed E-state index contributed by atoms with van der Waals surface area (Å²) >= 11 is 0. The first kappa shape index (κ1) is 17.9. The third-order valence-electron chi connectivity index (χ3n) is 3.72. The van der Waals surface area contributed by atoms with Gasteiger partial charge >= 0.3 is 6.18 Å². The Kier molecular flexibility index (Phi) is 4.92. The van der Waals surface area contributed by atoms with E-state index in [9.17, 15) is 17.6 Å². The fourth-order valence-corrected chi connectivity index (χ4v) is 2.44. The average molecular weight is 365 g/mol. The quantitative estimate of drug-likeness (QED) is 0.632. The number of ether oxygens (including phenoxy) is 1. The van der Waals surface area contributed by atoms with Crippen LogP contribution in [0.5, 0.6) is 5.75 Å². The van der Waals surface area contributed by atoms with Crippen LogP contribution in [0, 0.1) is 5.82 Å². The first-order chi connectivity index (χ1) is 12.4. The van der Waals surface area contributed by atoms with Crippen LogP contribution in [-0.4, -0.2) is 30.2 Å². The van der Waals surface area contributed by atoms with Gasteiger partial charge in [-0.15, -0.1) is 0 Å². The van der Waals surface area contributed by atoms with Gasteiger partial charge in [0.15, 0.2) is 11.6 Å². The van der Waals surface area contributed by atoms with Gasteiger partial charge in [0, 0.05) is 12.4 Å². The van der Waals surface area contributed by atoms with E-state index in [1.54, 1.807) is 37.4 Å². The molecule has 0 amide bonds. The minimum atomic E-state index is -4.65. The molecule has 0 aliphatic heterocycles. The van der Waals surface area contributed by atoms with Crippen LogP contribution in [0.2, 0.25) is 0 Å². The number of nitrogens with zero attached hydrogens (tertiary/aromatic N) is 3. The van der Waals surface area contributed by atoms with E-state index in [-0.39, 0.29) is 30.2 Å². The average Bonchev–Trinajstić information content (AvgIpc) is 2.61. The number of halogens is 4. The highest BCUT2D eigenvalue weighted by Crippen LogP contribution is 2.31. The Hall–Kier alpha value is -2.90. The largest absolute Gasteiger partial charge is 0.489 e. The molecule has 0 unspecified atom stereocenters. The molecule has 4 nitrogen and oxygen atoms in total. The van der Waals surface area contributed by atoms with E-state index in [4.69, 9.17) is 4.74 Å². The number of fused-ring (bicyclic) bond motifs is 1. The maximum absolute atomic E-state index is 13.5. The van der Waals surface area contributed by atoms with Crippen molar-refractivity contribution in [3.8, 4) is 5.75 Å². The molecule has 1 aromatic heterocycles. The van der Waals surface area contributed by atoms with Crippen LogP contribution in [0.25, 0.3) is 10.9 Å². The van der Waals surface area contributed by atoms with Gasteiger partial charge in [0.05, 0.1) is 12.1 Å². The molecule has 0 fully saturated rings. The van der Waals surface area contributed by atoms with E-state index in [1.165, 1.54) is 23.1 Å². The molecule has 0 N–H and O–H groups in total. The lowest BCUT2D eigenvalue weighted by Gasteiger charge is -2.21. The van der Waals surface area contributed by atoms with Gasteiger partial charge in [-0.1, -0.05) is 24.3 Å². The summed E-state index contributed by atoms with van der Waals surface area (Å²) in [6, 6.07) is 12.4. The molecule has 0 atom stereocenters. The van der Waals surface area contributed by atoms with Crippen molar-refractivity contribution in [3.05, 3.63) is 60.2 Å². The number of alkyl halides is 3. The van der Waals surface area contributed by atoms with E-state index >= 15 is 0 Å². The second-order valence-electron chi connectivity index (χ2n) is 5.59. The maximum Gasteiger partial charge on any atom is 0.451 e. The lowest BCUT2D eigenvalue weighted by Crippen LogP contribution is -2.26. The third kappa shape index (κ3) is 3.84. The van der Waals surface area contributed by atoms with E-state index in [0.717, 1.165) is 0 Å². The van der Waals surface area contributed by atoms with Gasteiger partial charge in [0.2, 0.25) is 5.82 Å². The summed E-state index contributed by atoms with van der Waals surface area (Å²) < 4.78 is 58.1. The van der Waals surface area contributed by atoms with E-state index < -0.39 is 17.8 Å². The molecule has 26 heavy (non-hydrogen) atoms. The molecule has 0 radical (unpaired) electrons. The second-order valence-corrected chi connectivity index (χ2v) is 5.59. The number of para-hydroxylation sites is 2. The smallest absolute Gasteiger partial charge is 0.451 e. The minimum absolute atomic E-state index is 0.0805. The molecule has 0 saturated heterocycles. The normalized spacial score (nSPS) is 11.6. The Morgan fingerprint density at radius 2 is 1.69 bits per heavy atom. The predicted octanol–water partition coefficient (Wildman–Crippen LogP) is 4.30. The monoisotopic (exact) mass is 365 g/mol. The molecule has 136 valence electrons. The number of likely N-dealkylation sites (N-methyl/N-ethyl adjacent to an activating group) is 1. The van der Waals surface area contributed by atoms with Crippen LogP contribution >= 0.6 is 0 Å². The van der Waals surface area contributed by atoms with Crippen molar-refractivity contribution >= 4 is 16.7 Å². The van der Waals surface area contributed by atoms with Gasteiger partial charge in [0.1, 0.15) is 12.4 Å². The Bertz CT molecular complexity index is 914. The first-order valence-electron chi connectivity index (χ1n) is 7.78. The van der Waals surface area contributed by atoms with Crippen LogP contribution in [-0.2, 0) is 6.18 Å². The summed E-state index contributed by atoms with van der Waals surface area (Å²) in [4.78, 5) is 8.79. The molecule has 3 rings (SSSR count). The van der Waals surface area contributed by atoms with Gasteiger partial charge in [-0.25, -0.2) is 14.4 Å². The summed E-state index contributed by atoms with van der Waals surface area (Å²) in [5, 5.41) is 0.494. The van der Waals surface area contributed by atoms with Crippen molar-refractivity contribution in [2.24, 2.45) is 0 Å². The SMILES string of the molecule is CN(CCOc1ccccc1F)c1nc(C(F)(F)F)nc2ccccc12. The van der Waals surface area contributed by atoms with Crippen molar-refractivity contribution in [2.75, 3.05) is 25.1 Å². The van der Waals surface area contributed by atoms with Crippen molar-refractivity contribution in [3.63, 3.8) is 0 Å². The molecule has 3 aromatic rings. The number of aromatic nitrogens is 2. The molecule has 0 aliphatic rings. The summed E-state index contributed by atoms with van der Waals surface area (Å²) in [7, 11) is 1.60. The number of benzene rings is 2. The minimum Gasteiger partial charge on any atom is -0.489 e. The van der Waals surface area contributed by atoms with Gasteiger partial charge in [-0.05, 0) is 24.3 Å². The van der Waals surface area contributed by atoms with Crippen molar-refractivity contribution in [1.29, 1.82) is 0 Å². The standard InChI is InChI=1S/C18H15F4N3O/c1-25(10-11-26-15-9-5-3-7-13(15)19)16-12-6-2-4-8-14(12)23-17(24-16)18(20,21)22/h2-9H,10-11H2,1H3. The van der Waals surface area contributed by atoms with Gasteiger partial charge in [0.25, 0.3) is 0 Å². The predicted molar refractivity (Wildman–Crippen MR) is 89.7 cm³/mol. The zero-order valence-corrected chi connectivity index (χ0v) is 13.8. The zero-order valence-electron chi connectivity index (χ0n) is 13.8. The maximum atomic E-state index is 13.5. The summed E-state index contributed by atoms with van der Waals surface area (Å²) in [6.45, 7) is 0.295. The Morgan fingerprint density at radius 1 is 1.00 bits per heavy atom. The van der Waals surface area contributed by atoms with Crippen molar-refractivity contribution in [2.45, 2.75) is 6.18 Å². The number of rotatable bonds is 5. The van der Waals surface area contributed by atoms with Gasteiger partial charge < -0.3 is 9.64 Å². The fourth-order valence-electron chi connectivity index (χ4n) is 2.44. The van der Waals surface area contributed by atoms with Crippen LogP contribution in [0.3, 0.4) is 0 Å². The second kappa shape index (κ2) is 7.15. The lowest BCUT2D eigenvalue weighted by molar-refractivity contribution is -0.144. The summed E-state index contributed by atoms with van der Waals surface area (Å²) in [5.74, 6) is -1.47. The first-order valence-corrected chi connectivity index (χ1v) is 7.78. The van der Waals surface area contributed by atoms with Crippen molar-refractivity contribution in [1.82, 2.24) is 9.97 Å². The highest BCUT2D eigenvalue weighted by Gasteiger charge is 2.35. The molecule has 0 bridgehead atoms. The highest BCUT2D eigenvalue weighted by atomic mass is 19.4.